The number of hydrogen-bond donors (Lipinski definition) is 2. The predicted molar refractivity (Wildman–Crippen MR) is 193 cm³/mol. The van der Waals surface area contributed by atoms with E-state index in [9.17, 15) is 80.1 Å². The predicted octanol–water partition coefficient (Wildman–Crippen LogP) is -10.9. The number of non-ortho nitro benzene ring substituents is 1. The summed E-state index contributed by atoms with van der Waals surface area (Å²) in [6.07, 6.45) is 0. The molecule has 26 nitrogen and oxygen atoms in total. The van der Waals surface area contributed by atoms with Gasteiger partial charge in [0.2, 0.25) is 0 Å². The smallest absolute Gasteiger partial charge is 0.744 e. The quantitative estimate of drug-likeness (QED) is 0.0293. The minimum atomic E-state index is -5.78. The number of phenols is 1. The molecule has 0 aliphatic rings. The molecule has 316 valence electrons. The van der Waals surface area contributed by atoms with Crippen LogP contribution in [0.5, 0.6) is 5.75 Å². The molecule has 0 atom stereocenters. The van der Waals surface area contributed by atoms with Crippen LogP contribution in [0.15, 0.2) is 122 Å². The molecule has 0 saturated heterocycles. The number of fused-ring (bicyclic) bond motifs is 1. The first kappa shape index (κ1) is 63.7. The molecule has 5 rings (SSSR count). The number of nitrogens with two attached hydrogens (primary N) is 1. The second-order valence-corrected chi connectivity index (χ2v) is 18.5. The molecule has 0 unspecified atom stereocenters. The van der Waals surface area contributed by atoms with E-state index in [2.05, 4.69) is 30.7 Å². The molecule has 0 saturated carbocycles. The molecule has 0 aliphatic heterocycles. The van der Waals surface area contributed by atoms with Gasteiger partial charge in [-0.05, 0) is 67.1 Å². The van der Waals surface area contributed by atoms with Gasteiger partial charge in [-0.2, -0.15) is 10.2 Å². The minimum absolute atomic E-state index is 0. The summed E-state index contributed by atoms with van der Waals surface area (Å²) in [5.74, 6) is -1.44. The molecule has 36 heteroatoms. The van der Waals surface area contributed by atoms with Crippen LogP contribution in [0.3, 0.4) is 0 Å². The summed E-state index contributed by atoms with van der Waals surface area (Å²) < 4.78 is 178. The van der Waals surface area contributed by atoms with Crippen LogP contribution in [0.4, 0.5) is 45.5 Å². The fraction of sp³-hybridized carbons (Fsp3) is 0.0345. The van der Waals surface area contributed by atoms with Crippen molar-refractivity contribution in [1.82, 2.24) is 0 Å². The number of aryl methyl sites for hydroxylation is 1. The second kappa shape index (κ2) is 24.0. The topological polar surface area (TPSA) is 450 Å². The van der Waals surface area contributed by atoms with Gasteiger partial charge < -0.3 is 33.6 Å². The monoisotopic (exact) mass is 1040 g/mol. The number of aromatic hydroxyl groups is 1. The molecule has 0 aliphatic carbocycles. The molecule has 0 radical (unpaired) electrons. The summed E-state index contributed by atoms with van der Waals surface area (Å²) in [5.41, 5.74) is 1.09. The number of rotatable bonds is 12. The Morgan fingerprint density at radius 3 is 1.48 bits per heavy atom. The Kier molecular flexibility index (Phi) is 23.5. The van der Waals surface area contributed by atoms with Gasteiger partial charge >= 0.3 is 148 Å². The van der Waals surface area contributed by atoms with E-state index in [1.165, 1.54) is 25.1 Å². The van der Waals surface area contributed by atoms with Crippen molar-refractivity contribution in [2.45, 2.75) is 31.4 Å². The molecule has 5 aromatic rings. The molecule has 0 aromatic heterocycles. The molecule has 65 heavy (non-hydrogen) atoms. The number of phenolic OH excluding ortho intramolecular Hbond substituents is 1. The van der Waals surface area contributed by atoms with Crippen LogP contribution in [0.1, 0.15) is 5.56 Å². The van der Waals surface area contributed by atoms with Gasteiger partial charge in [0, 0.05) is 17.5 Å². The van der Waals surface area contributed by atoms with Gasteiger partial charge in [0.25, 0.3) is 5.69 Å². The van der Waals surface area contributed by atoms with Crippen LogP contribution in [0.2, 0.25) is 0 Å². The Bertz CT molecular complexity index is 3380. The van der Waals surface area contributed by atoms with Gasteiger partial charge in [0.15, 0.2) is 5.75 Å². The van der Waals surface area contributed by atoms with E-state index in [1.54, 1.807) is 0 Å². The molecule has 0 fully saturated rings. The van der Waals surface area contributed by atoms with Crippen LogP contribution < -0.4 is 154 Å². The second-order valence-electron chi connectivity index (χ2n) is 11.7. The molecule has 0 heterocycles. The normalized spacial score (nSPS) is 12.2. The maximum Gasteiger partial charge on any atom is 1.00 e. The van der Waals surface area contributed by atoms with Crippen LogP contribution in [0.25, 0.3) is 10.8 Å². The van der Waals surface area contributed by atoms with Crippen LogP contribution in [-0.4, -0.2) is 74.9 Å². The van der Waals surface area contributed by atoms with Gasteiger partial charge in [-0.25, -0.2) is 42.1 Å². The minimum Gasteiger partial charge on any atom is -0.744 e. The van der Waals surface area contributed by atoms with Crippen molar-refractivity contribution in [2.75, 3.05) is 5.73 Å². The number of nitro benzene ring substituents is 1. The number of nitro groups is 1. The van der Waals surface area contributed by atoms with Crippen molar-refractivity contribution in [3.05, 3.63) is 82.4 Å². The van der Waals surface area contributed by atoms with Gasteiger partial charge in [0.1, 0.15) is 73.3 Å². The first-order chi connectivity index (χ1) is 27.5. The summed E-state index contributed by atoms with van der Waals surface area (Å²) in [6.45, 7) is 1.42. The summed E-state index contributed by atoms with van der Waals surface area (Å²) in [7, 11) is -27.5. The number of nitrogens with zero attached hydrogens (tertiary/aromatic N) is 7. The Hall–Kier alpha value is -1.29. The number of anilines is 1. The standard InChI is InChI=1S/C29H22N8O18S5.5Na/c1-13-8-14(2-5-18(13)32-33-20-7-4-16(56(41,42)43)10-24(20)59(50,51)52)31-35-21-12-22(57(44,45)46)17-11-25(60(53,54)55)28(29(38)26(17)27(21)30)36-34-19-6-3-15(37(39)40)9-23(19)58(47,48)49;;;;;/h2-12,38H,30H2,1H3,(H,41,42,43)(H,44,45,46)(H,47,48,49)(H,50,51,52)(H,53,54,55);;;;;/q;5*+1/p-5. The Morgan fingerprint density at radius 1 is 0.523 bits per heavy atom. The number of benzene rings is 5. The number of nitrogen functional groups attached to an aromatic ring is 1. The average molecular weight is 1040 g/mol. The van der Waals surface area contributed by atoms with Gasteiger partial charge in [0.05, 0.1) is 51.8 Å². The third kappa shape index (κ3) is 15.3. The van der Waals surface area contributed by atoms with Crippen molar-refractivity contribution >= 4 is 107 Å². The van der Waals surface area contributed by atoms with E-state index < -0.39 is 131 Å². The Labute approximate surface area is 478 Å². The summed E-state index contributed by atoms with van der Waals surface area (Å²) in [5, 5.41) is 42.4. The van der Waals surface area contributed by atoms with Crippen molar-refractivity contribution in [2.24, 2.45) is 30.7 Å². The summed E-state index contributed by atoms with van der Waals surface area (Å²) in [4.78, 5) is 3.69. The van der Waals surface area contributed by atoms with E-state index in [-0.39, 0.29) is 177 Å². The van der Waals surface area contributed by atoms with Gasteiger partial charge in [-0.15, -0.1) is 20.5 Å². The zero-order chi connectivity index (χ0) is 44.9. The van der Waals surface area contributed by atoms with E-state index in [4.69, 9.17) is 5.73 Å². The summed E-state index contributed by atoms with van der Waals surface area (Å²) in [6, 6.07) is 7.78. The SMILES string of the molecule is Cc1cc(N=Nc2cc(S(=O)(=O)[O-])c3cc(S(=O)(=O)[O-])c(N=Nc4ccc([N+](=O)[O-])cc4S(=O)(=O)[O-])c(O)c3c2N)ccc1N=Nc1ccc(S(=O)(=O)[O-])cc1S(=O)(=O)[O-].[Na+].[Na+].[Na+].[Na+].[Na+]. The average Bonchev–Trinajstić information content (AvgIpc) is 3.11. The van der Waals surface area contributed by atoms with E-state index in [1.807, 2.05) is 0 Å². The first-order valence-electron chi connectivity index (χ1n) is 15.2. The zero-order valence-electron chi connectivity index (χ0n) is 34.0. The fourth-order valence-corrected chi connectivity index (χ4v) is 8.22. The Balaban J connectivity index is 0.00000819. The van der Waals surface area contributed by atoms with Crippen molar-refractivity contribution in [3.63, 3.8) is 0 Å². The maximum absolute atomic E-state index is 12.4. The molecule has 0 amide bonds. The summed E-state index contributed by atoms with van der Waals surface area (Å²) >= 11 is 0. The molecular weight excluding hydrogens is 1020 g/mol. The van der Waals surface area contributed by atoms with Crippen molar-refractivity contribution in [3.8, 4) is 5.75 Å². The third-order valence-electron chi connectivity index (χ3n) is 7.75. The number of azo groups is 3. The molecule has 0 bridgehead atoms. The fourth-order valence-electron chi connectivity index (χ4n) is 5.06. The van der Waals surface area contributed by atoms with Crippen molar-refractivity contribution in [1.29, 1.82) is 0 Å². The number of hydrogen-bond acceptors (Lipinski definition) is 25. The molecular formula is C29H17N8Na5O18S5. The zero-order valence-corrected chi connectivity index (χ0v) is 48.1. The third-order valence-corrected chi connectivity index (χ3v) is 12.0. The van der Waals surface area contributed by atoms with E-state index in [0.717, 1.165) is 6.07 Å². The molecule has 3 N–H and O–H groups in total. The van der Waals surface area contributed by atoms with Gasteiger partial charge in [-0.3, -0.25) is 10.1 Å². The van der Waals surface area contributed by atoms with Crippen molar-refractivity contribution < 1.29 is 223 Å². The van der Waals surface area contributed by atoms with Crippen LogP contribution in [0, 0.1) is 17.0 Å². The van der Waals surface area contributed by atoms with Crippen LogP contribution >= 0.6 is 0 Å². The van der Waals surface area contributed by atoms with Crippen LogP contribution in [-0.2, 0) is 50.6 Å². The van der Waals surface area contributed by atoms with Gasteiger partial charge in [-0.1, -0.05) is 0 Å². The molecule has 0 spiro atoms. The van der Waals surface area contributed by atoms with E-state index in [0.29, 0.717) is 30.3 Å². The first-order valence-corrected chi connectivity index (χ1v) is 22.2. The maximum atomic E-state index is 12.4. The van der Waals surface area contributed by atoms with E-state index >= 15 is 0 Å². The largest absolute Gasteiger partial charge is 1.00 e. The Morgan fingerprint density at radius 2 is 0.985 bits per heavy atom. The molecule has 5 aromatic carbocycles.